The molecule has 0 N–H and O–H groups in total. The minimum Gasteiger partial charge on any atom is -0.463 e. The Labute approximate surface area is 184 Å². The number of thiophene rings is 1. The molecule has 0 saturated carbocycles. The van der Waals surface area contributed by atoms with E-state index in [1.807, 2.05) is 41.8 Å². The van der Waals surface area contributed by atoms with Gasteiger partial charge in [0.05, 0.1) is 18.8 Å². The number of likely N-dealkylation sites (N-methyl/N-ethyl adjacent to an activating group) is 1. The summed E-state index contributed by atoms with van der Waals surface area (Å²) in [4.78, 5) is 16.5. The van der Waals surface area contributed by atoms with Crippen LogP contribution in [0.3, 0.4) is 0 Å². The third-order valence-corrected chi connectivity index (χ3v) is 6.47. The van der Waals surface area contributed by atoms with Crippen molar-refractivity contribution >= 4 is 23.0 Å². The van der Waals surface area contributed by atoms with Gasteiger partial charge in [-0.05, 0) is 47.8 Å². The fraction of sp³-hybridized carbons (Fsp3) is 0.304. The topological polar surface area (TPSA) is 67.5 Å². The maximum absolute atomic E-state index is 13.3. The molecule has 3 aromatic rings. The minimum absolute atomic E-state index is 0.0254. The fourth-order valence-corrected chi connectivity index (χ4v) is 4.69. The minimum atomic E-state index is -0.100. The maximum Gasteiger partial charge on any atom is 0.257 e. The summed E-state index contributed by atoms with van der Waals surface area (Å²) in [5.74, 6) is 2.20. The van der Waals surface area contributed by atoms with Gasteiger partial charge in [0.15, 0.2) is 11.5 Å². The zero-order valence-corrected chi connectivity index (χ0v) is 18.0. The van der Waals surface area contributed by atoms with Crippen LogP contribution < -0.4 is 9.47 Å². The van der Waals surface area contributed by atoms with Gasteiger partial charge in [0, 0.05) is 17.8 Å². The lowest BCUT2D eigenvalue weighted by Crippen LogP contribution is -2.37. The smallest absolute Gasteiger partial charge is 0.257 e. The lowest BCUT2D eigenvalue weighted by Gasteiger charge is -2.25. The number of benzene rings is 1. The van der Waals surface area contributed by atoms with Crippen LogP contribution in [0.25, 0.3) is 0 Å². The van der Waals surface area contributed by atoms with Crippen molar-refractivity contribution in [3.63, 3.8) is 0 Å². The van der Waals surface area contributed by atoms with Crippen LogP contribution in [0.1, 0.15) is 35.6 Å². The van der Waals surface area contributed by atoms with Crippen LogP contribution in [0.2, 0.25) is 0 Å². The second-order valence-corrected chi connectivity index (χ2v) is 8.47. The van der Waals surface area contributed by atoms with Crippen LogP contribution in [0.15, 0.2) is 63.6 Å². The highest BCUT2D eigenvalue weighted by Gasteiger charge is 2.35. The molecule has 1 unspecified atom stereocenters. The highest BCUT2D eigenvalue weighted by Crippen LogP contribution is 2.36. The molecule has 0 radical (unpaired) electrons. The first-order chi connectivity index (χ1) is 15.2. The highest BCUT2D eigenvalue weighted by atomic mass is 32.1. The molecule has 8 heteroatoms. The zero-order valence-electron chi connectivity index (χ0n) is 17.2. The molecule has 4 heterocycles. The maximum atomic E-state index is 13.3. The monoisotopic (exact) mass is 437 g/mol. The molecule has 0 spiro atoms. The van der Waals surface area contributed by atoms with E-state index in [1.54, 1.807) is 22.6 Å². The molecule has 2 aromatic heterocycles. The molecule has 0 aliphatic carbocycles. The van der Waals surface area contributed by atoms with Gasteiger partial charge in [0.1, 0.15) is 11.5 Å². The third kappa shape index (κ3) is 4.08. The summed E-state index contributed by atoms with van der Waals surface area (Å²) in [6, 6.07) is 13.6. The van der Waals surface area contributed by atoms with E-state index in [0.717, 1.165) is 34.2 Å². The van der Waals surface area contributed by atoms with Crippen molar-refractivity contribution < 1.29 is 18.7 Å². The number of furan rings is 1. The molecule has 160 valence electrons. The lowest BCUT2D eigenvalue weighted by molar-refractivity contribution is -0.134. The van der Waals surface area contributed by atoms with Crippen molar-refractivity contribution in [1.82, 2.24) is 9.91 Å². The van der Waals surface area contributed by atoms with Crippen molar-refractivity contribution in [3.05, 3.63) is 70.3 Å². The normalized spacial score (nSPS) is 17.4. The van der Waals surface area contributed by atoms with Crippen LogP contribution in [0.4, 0.5) is 0 Å². The molecule has 2 aliphatic heterocycles. The first kappa shape index (κ1) is 19.8. The molecule has 2 aliphatic rings. The van der Waals surface area contributed by atoms with Gasteiger partial charge in [-0.1, -0.05) is 19.1 Å². The van der Waals surface area contributed by atoms with Crippen molar-refractivity contribution in [2.24, 2.45) is 5.10 Å². The van der Waals surface area contributed by atoms with Crippen molar-refractivity contribution in [1.29, 1.82) is 0 Å². The van der Waals surface area contributed by atoms with Crippen molar-refractivity contribution in [2.75, 3.05) is 19.9 Å². The van der Waals surface area contributed by atoms with Crippen LogP contribution in [0.5, 0.6) is 11.5 Å². The number of hydrazone groups is 1. The summed E-state index contributed by atoms with van der Waals surface area (Å²) >= 11 is 1.64. The van der Waals surface area contributed by atoms with Gasteiger partial charge in [-0.2, -0.15) is 5.10 Å². The number of amides is 1. The number of carbonyl (C=O) groups excluding carboxylic acids is 1. The average molecular weight is 438 g/mol. The molecule has 0 bridgehead atoms. The van der Waals surface area contributed by atoms with Crippen LogP contribution in [-0.4, -0.2) is 41.4 Å². The predicted molar refractivity (Wildman–Crippen MR) is 117 cm³/mol. The van der Waals surface area contributed by atoms with E-state index < -0.39 is 0 Å². The SMILES string of the molecule is CCN(CC(=O)N1N=C(c2ccco2)CC1c1cccs1)Cc1ccc2c(c1)OCO2. The van der Waals surface area contributed by atoms with Gasteiger partial charge >= 0.3 is 0 Å². The van der Waals surface area contributed by atoms with Crippen LogP contribution in [0, 0.1) is 0 Å². The summed E-state index contributed by atoms with van der Waals surface area (Å²) in [5.41, 5.74) is 1.88. The number of fused-ring (bicyclic) bond motifs is 1. The van der Waals surface area contributed by atoms with Gasteiger partial charge in [0.25, 0.3) is 5.91 Å². The second-order valence-electron chi connectivity index (χ2n) is 7.49. The van der Waals surface area contributed by atoms with Crippen molar-refractivity contribution in [3.8, 4) is 11.5 Å². The third-order valence-electron chi connectivity index (χ3n) is 5.49. The summed E-state index contributed by atoms with van der Waals surface area (Å²) in [6.07, 6.45) is 2.28. The first-order valence-corrected chi connectivity index (χ1v) is 11.2. The van der Waals surface area contributed by atoms with E-state index in [1.165, 1.54) is 0 Å². The molecule has 7 nitrogen and oxygen atoms in total. The Kier molecular flexibility index (Phi) is 5.48. The number of nitrogens with zero attached hydrogens (tertiary/aromatic N) is 3. The summed E-state index contributed by atoms with van der Waals surface area (Å²) in [7, 11) is 0. The number of hydrogen-bond acceptors (Lipinski definition) is 7. The standard InChI is InChI=1S/C23H23N3O4S/c1-2-25(13-16-7-8-20-21(11-16)30-15-29-20)14-23(27)26-18(22-6-4-10-31-22)12-17(24-26)19-5-3-9-28-19/h3-11,18H,2,12-15H2,1H3. The van der Waals surface area contributed by atoms with Crippen LogP contribution in [-0.2, 0) is 11.3 Å². The Morgan fingerprint density at radius 2 is 2.13 bits per heavy atom. The van der Waals surface area contributed by atoms with Crippen LogP contribution >= 0.6 is 11.3 Å². The Bertz CT molecular complexity index is 1080. The van der Waals surface area contributed by atoms with E-state index in [0.29, 0.717) is 18.7 Å². The lowest BCUT2D eigenvalue weighted by atomic mass is 10.1. The van der Waals surface area contributed by atoms with E-state index in [9.17, 15) is 4.79 Å². The van der Waals surface area contributed by atoms with Gasteiger partial charge < -0.3 is 13.9 Å². The predicted octanol–water partition coefficient (Wildman–Crippen LogP) is 4.27. The quantitative estimate of drug-likeness (QED) is 0.552. The van der Waals surface area contributed by atoms with Crippen molar-refractivity contribution in [2.45, 2.75) is 25.9 Å². The van der Waals surface area contributed by atoms with Gasteiger partial charge in [-0.25, -0.2) is 5.01 Å². The highest BCUT2D eigenvalue weighted by molar-refractivity contribution is 7.10. The second kappa shape index (κ2) is 8.56. The first-order valence-electron chi connectivity index (χ1n) is 10.3. The molecule has 0 saturated heterocycles. The number of hydrogen-bond donors (Lipinski definition) is 0. The van der Waals surface area contributed by atoms with Gasteiger partial charge in [-0.15, -0.1) is 11.3 Å². The van der Waals surface area contributed by atoms with E-state index in [-0.39, 0.29) is 25.3 Å². The molecule has 0 fully saturated rings. The van der Waals surface area contributed by atoms with Gasteiger partial charge in [-0.3, -0.25) is 9.69 Å². The van der Waals surface area contributed by atoms with E-state index in [2.05, 4.69) is 23.0 Å². The Morgan fingerprint density at radius 3 is 2.90 bits per heavy atom. The Morgan fingerprint density at radius 1 is 1.23 bits per heavy atom. The van der Waals surface area contributed by atoms with E-state index >= 15 is 0 Å². The largest absolute Gasteiger partial charge is 0.463 e. The molecule has 31 heavy (non-hydrogen) atoms. The summed E-state index contributed by atoms with van der Waals surface area (Å²) in [5, 5.41) is 8.32. The Hall–Kier alpha value is -3.10. The Balaban J connectivity index is 1.32. The molecule has 1 aromatic carbocycles. The number of carbonyl (C=O) groups is 1. The zero-order chi connectivity index (χ0) is 21.2. The molecule has 5 rings (SSSR count). The fourth-order valence-electron chi connectivity index (χ4n) is 3.88. The van der Waals surface area contributed by atoms with E-state index in [4.69, 9.17) is 13.9 Å². The summed E-state index contributed by atoms with van der Waals surface area (Å²) in [6.45, 7) is 3.97. The molecule has 1 amide bonds. The average Bonchev–Trinajstić information content (AvgIpc) is 3.57. The number of rotatable bonds is 7. The molecule has 1 atom stereocenters. The molecular formula is C23H23N3O4S. The number of ether oxygens (including phenoxy) is 2. The summed E-state index contributed by atoms with van der Waals surface area (Å²) < 4.78 is 16.4. The molecular weight excluding hydrogens is 414 g/mol. The van der Waals surface area contributed by atoms with Gasteiger partial charge in [0.2, 0.25) is 6.79 Å².